The molecule has 0 fully saturated rings. The topological polar surface area (TPSA) is 39.2 Å². The number of fused-ring (bicyclic) bond motifs is 1. The Balaban J connectivity index is 2.25. The van der Waals surface area contributed by atoms with Crippen LogP contribution >= 0.6 is 12.2 Å². The minimum absolute atomic E-state index is 0.634. The van der Waals surface area contributed by atoms with Gasteiger partial charge in [-0.1, -0.05) is 6.07 Å². The third-order valence-electron chi connectivity index (χ3n) is 3.23. The van der Waals surface area contributed by atoms with Gasteiger partial charge in [0.25, 0.3) is 0 Å². The lowest BCUT2D eigenvalue weighted by Gasteiger charge is -2.06. The van der Waals surface area contributed by atoms with Gasteiger partial charge in [-0.15, -0.1) is 0 Å². The Kier molecular flexibility index (Phi) is 3.20. The van der Waals surface area contributed by atoms with Gasteiger partial charge < -0.3 is 14.5 Å². The summed E-state index contributed by atoms with van der Waals surface area (Å²) < 4.78 is 13.1. The Morgan fingerprint density at radius 3 is 2.40 bits per heavy atom. The standard InChI is InChI=1S/C15H14N2O2S/c1-18-11-8-6-10(7-9-11)17-12-4-3-5-13(19-2)14(12)16-15(17)20/h3-9H,1-2H3,(H,16,20). The Bertz CT molecular complexity index is 803. The molecule has 1 N–H and O–H groups in total. The molecule has 0 bridgehead atoms. The third kappa shape index (κ3) is 1.96. The monoisotopic (exact) mass is 286 g/mol. The van der Waals surface area contributed by atoms with Crippen LogP contribution in [0.25, 0.3) is 16.7 Å². The minimum atomic E-state index is 0.634. The summed E-state index contributed by atoms with van der Waals surface area (Å²) in [5.41, 5.74) is 2.87. The zero-order chi connectivity index (χ0) is 14.1. The third-order valence-corrected chi connectivity index (χ3v) is 3.52. The molecule has 0 unspecified atom stereocenters. The molecule has 0 saturated heterocycles. The molecule has 1 aromatic heterocycles. The van der Waals surface area contributed by atoms with Crippen LogP contribution in [0.1, 0.15) is 0 Å². The normalized spacial score (nSPS) is 10.7. The summed E-state index contributed by atoms with van der Waals surface area (Å²) in [5.74, 6) is 1.60. The van der Waals surface area contributed by atoms with Gasteiger partial charge in [-0.25, -0.2) is 0 Å². The highest BCUT2D eigenvalue weighted by Gasteiger charge is 2.10. The van der Waals surface area contributed by atoms with E-state index in [1.165, 1.54) is 0 Å². The van der Waals surface area contributed by atoms with Crippen molar-refractivity contribution in [2.45, 2.75) is 0 Å². The molecule has 102 valence electrons. The number of methoxy groups -OCH3 is 2. The molecule has 0 atom stereocenters. The number of aromatic nitrogens is 2. The van der Waals surface area contributed by atoms with Gasteiger partial charge in [-0.05, 0) is 48.6 Å². The zero-order valence-corrected chi connectivity index (χ0v) is 12.0. The van der Waals surface area contributed by atoms with Crippen LogP contribution in [-0.4, -0.2) is 23.8 Å². The molecule has 0 radical (unpaired) electrons. The number of benzene rings is 2. The minimum Gasteiger partial charge on any atom is -0.497 e. The van der Waals surface area contributed by atoms with E-state index in [0.717, 1.165) is 28.2 Å². The van der Waals surface area contributed by atoms with Crippen molar-refractivity contribution in [2.75, 3.05) is 14.2 Å². The summed E-state index contributed by atoms with van der Waals surface area (Å²) in [6.07, 6.45) is 0. The Hall–Kier alpha value is -2.27. The maximum Gasteiger partial charge on any atom is 0.182 e. The molecule has 3 rings (SSSR count). The quantitative estimate of drug-likeness (QED) is 0.746. The number of ether oxygens (including phenoxy) is 2. The lowest BCUT2D eigenvalue weighted by molar-refractivity contribution is 0.414. The highest BCUT2D eigenvalue weighted by Crippen LogP contribution is 2.27. The van der Waals surface area contributed by atoms with E-state index in [0.29, 0.717) is 4.77 Å². The summed E-state index contributed by atoms with van der Waals surface area (Å²) in [7, 11) is 3.30. The molecule has 4 nitrogen and oxygen atoms in total. The summed E-state index contributed by atoms with van der Waals surface area (Å²) in [5, 5.41) is 0. The second-order valence-corrected chi connectivity index (χ2v) is 4.70. The number of aromatic amines is 1. The van der Waals surface area contributed by atoms with E-state index < -0.39 is 0 Å². The number of H-pyrrole nitrogens is 1. The SMILES string of the molecule is COc1ccc(-n2c(=S)[nH]c3c(OC)cccc32)cc1. The van der Waals surface area contributed by atoms with E-state index in [-0.39, 0.29) is 0 Å². The second kappa shape index (κ2) is 5.02. The fraction of sp³-hybridized carbons (Fsp3) is 0.133. The van der Waals surface area contributed by atoms with E-state index in [2.05, 4.69) is 4.98 Å². The fourth-order valence-corrected chi connectivity index (χ4v) is 2.57. The maximum absolute atomic E-state index is 5.42. The number of nitrogens with zero attached hydrogens (tertiary/aromatic N) is 1. The molecule has 2 aromatic carbocycles. The van der Waals surface area contributed by atoms with Crippen LogP contribution in [0, 0.1) is 4.77 Å². The van der Waals surface area contributed by atoms with Gasteiger partial charge in [0, 0.05) is 5.69 Å². The Labute approximate surface area is 121 Å². The predicted octanol–water partition coefficient (Wildman–Crippen LogP) is 3.71. The number of rotatable bonds is 3. The lowest BCUT2D eigenvalue weighted by Crippen LogP contribution is -1.94. The molecule has 20 heavy (non-hydrogen) atoms. The van der Waals surface area contributed by atoms with E-state index in [1.807, 2.05) is 47.0 Å². The summed E-state index contributed by atoms with van der Waals surface area (Å²) in [6, 6.07) is 13.6. The molecular formula is C15H14N2O2S. The van der Waals surface area contributed by atoms with Crippen molar-refractivity contribution < 1.29 is 9.47 Å². The summed E-state index contributed by atoms with van der Waals surface area (Å²) in [4.78, 5) is 3.20. The summed E-state index contributed by atoms with van der Waals surface area (Å²) >= 11 is 5.42. The Morgan fingerprint density at radius 1 is 1.00 bits per heavy atom. The number of hydrogen-bond donors (Lipinski definition) is 1. The van der Waals surface area contributed by atoms with Gasteiger partial charge >= 0.3 is 0 Å². The first-order valence-electron chi connectivity index (χ1n) is 6.17. The van der Waals surface area contributed by atoms with Crippen LogP contribution in [0.15, 0.2) is 42.5 Å². The molecule has 0 spiro atoms. The average Bonchev–Trinajstić information content (AvgIpc) is 2.83. The van der Waals surface area contributed by atoms with Crippen molar-refractivity contribution in [3.05, 3.63) is 47.2 Å². The van der Waals surface area contributed by atoms with Gasteiger partial charge in [0.2, 0.25) is 0 Å². The zero-order valence-electron chi connectivity index (χ0n) is 11.2. The first-order valence-corrected chi connectivity index (χ1v) is 6.57. The molecule has 1 heterocycles. The molecule has 5 heteroatoms. The van der Waals surface area contributed by atoms with E-state index in [4.69, 9.17) is 21.7 Å². The van der Waals surface area contributed by atoms with Crippen LogP contribution in [0.2, 0.25) is 0 Å². The van der Waals surface area contributed by atoms with Crippen LogP contribution in [0.3, 0.4) is 0 Å². The smallest absolute Gasteiger partial charge is 0.182 e. The van der Waals surface area contributed by atoms with Gasteiger partial charge in [-0.3, -0.25) is 4.57 Å². The number of nitrogens with one attached hydrogen (secondary N) is 1. The highest BCUT2D eigenvalue weighted by molar-refractivity contribution is 7.71. The maximum atomic E-state index is 5.42. The van der Waals surface area contributed by atoms with Crippen LogP contribution in [-0.2, 0) is 0 Å². The highest BCUT2D eigenvalue weighted by atomic mass is 32.1. The van der Waals surface area contributed by atoms with Crippen molar-refractivity contribution in [3.8, 4) is 17.2 Å². The lowest BCUT2D eigenvalue weighted by atomic mass is 10.2. The predicted molar refractivity (Wildman–Crippen MR) is 81.6 cm³/mol. The van der Waals surface area contributed by atoms with Gasteiger partial charge in [0.1, 0.15) is 17.0 Å². The number of hydrogen-bond acceptors (Lipinski definition) is 3. The fourth-order valence-electron chi connectivity index (χ4n) is 2.26. The van der Waals surface area contributed by atoms with Crippen molar-refractivity contribution in [3.63, 3.8) is 0 Å². The van der Waals surface area contributed by atoms with Crippen molar-refractivity contribution in [1.82, 2.24) is 9.55 Å². The number of para-hydroxylation sites is 1. The molecule has 0 saturated carbocycles. The molecule has 0 aliphatic rings. The van der Waals surface area contributed by atoms with Crippen molar-refractivity contribution >= 4 is 23.3 Å². The second-order valence-electron chi connectivity index (χ2n) is 4.32. The molecule has 0 aliphatic heterocycles. The first kappa shape index (κ1) is 12.7. The van der Waals surface area contributed by atoms with Gasteiger partial charge in [0.15, 0.2) is 4.77 Å². The summed E-state index contributed by atoms with van der Waals surface area (Å²) in [6.45, 7) is 0. The number of imidazole rings is 1. The van der Waals surface area contributed by atoms with Crippen molar-refractivity contribution in [2.24, 2.45) is 0 Å². The van der Waals surface area contributed by atoms with Crippen molar-refractivity contribution in [1.29, 1.82) is 0 Å². The van der Waals surface area contributed by atoms with E-state index >= 15 is 0 Å². The Morgan fingerprint density at radius 2 is 1.75 bits per heavy atom. The van der Waals surface area contributed by atoms with E-state index in [1.54, 1.807) is 14.2 Å². The van der Waals surface area contributed by atoms with Crippen LogP contribution < -0.4 is 9.47 Å². The average molecular weight is 286 g/mol. The van der Waals surface area contributed by atoms with Crippen LogP contribution in [0.4, 0.5) is 0 Å². The van der Waals surface area contributed by atoms with Crippen LogP contribution in [0.5, 0.6) is 11.5 Å². The molecule has 0 amide bonds. The molecule has 3 aromatic rings. The largest absolute Gasteiger partial charge is 0.497 e. The molecular weight excluding hydrogens is 272 g/mol. The van der Waals surface area contributed by atoms with E-state index in [9.17, 15) is 0 Å². The van der Waals surface area contributed by atoms with Gasteiger partial charge in [0.05, 0.1) is 19.7 Å². The molecule has 0 aliphatic carbocycles. The van der Waals surface area contributed by atoms with Gasteiger partial charge in [-0.2, -0.15) is 0 Å². The first-order chi connectivity index (χ1) is 9.74.